The van der Waals surface area contributed by atoms with E-state index in [1.807, 2.05) is 31.2 Å². The van der Waals surface area contributed by atoms with E-state index in [1.165, 1.54) is 11.3 Å². The Bertz CT molecular complexity index is 1010. The Morgan fingerprint density at radius 1 is 1.28 bits per heavy atom. The van der Waals surface area contributed by atoms with Crippen molar-refractivity contribution in [1.29, 1.82) is 0 Å². The zero-order valence-corrected chi connectivity index (χ0v) is 14.3. The zero-order chi connectivity index (χ0) is 17.4. The number of aromatic nitrogens is 1. The molecular formula is C18H16N2O4S. The van der Waals surface area contributed by atoms with Crippen molar-refractivity contribution in [1.82, 2.24) is 4.57 Å². The number of aryl methyl sites for hydroxylation is 1. The van der Waals surface area contributed by atoms with Crippen molar-refractivity contribution in [3.63, 3.8) is 0 Å². The molecule has 128 valence electrons. The third kappa shape index (κ3) is 2.87. The lowest BCUT2D eigenvalue weighted by molar-refractivity contribution is -0.125. The smallest absolute Gasteiger partial charge is 0.308 e. The van der Waals surface area contributed by atoms with Gasteiger partial charge in [0, 0.05) is 12.2 Å². The normalized spacial score (nSPS) is 16.0. The molecule has 1 N–H and O–H groups in total. The van der Waals surface area contributed by atoms with E-state index in [0.717, 1.165) is 10.2 Å². The molecule has 0 saturated heterocycles. The SMILES string of the molecule is CCn1c(=O)sc2cc(NC(=O)C3COc4ccccc4O3)ccc21. The molecule has 0 fully saturated rings. The van der Waals surface area contributed by atoms with Gasteiger partial charge in [-0.05, 0) is 37.3 Å². The van der Waals surface area contributed by atoms with Gasteiger partial charge in [0.25, 0.3) is 5.91 Å². The summed E-state index contributed by atoms with van der Waals surface area (Å²) < 4.78 is 13.8. The summed E-state index contributed by atoms with van der Waals surface area (Å²) in [5.74, 6) is 0.914. The highest BCUT2D eigenvalue weighted by atomic mass is 32.1. The Hall–Kier alpha value is -2.80. The molecule has 2 aromatic carbocycles. The van der Waals surface area contributed by atoms with Crippen LogP contribution in [0.5, 0.6) is 11.5 Å². The summed E-state index contributed by atoms with van der Waals surface area (Å²) in [6.45, 7) is 2.71. The van der Waals surface area contributed by atoms with E-state index in [1.54, 1.807) is 22.8 Å². The summed E-state index contributed by atoms with van der Waals surface area (Å²) in [5, 5.41) is 2.83. The van der Waals surface area contributed by atoms with E-state index >= 15 is 0 Å². The highest BCUT2D eigenvalue weighted by Crippen LogP contribution is 2.31. The Balaban J connectivity index is 1.53. The van der Waals surface area contributed by atoms with E-state index in [0.29, 0.717) is 23.7 Å². The minimum absolute atomic E-state index is 0.00148. The lowest BCUT2D eigenvalue weighted by Crippen LogP contribution is -2.40. The quantitative estimate of drug-likeness (QED) is 0.783. The first-order valence-corrected chi connectivity index (χ1v) is 8.80. The average Bonchev–Trinajstić information content (AvgIpc) is 2.95. The van der Waals surface area contributed by atoms with Crippen LogP contribution in [-0.2, 0) is 11.3 Å². The lowest BCUT2D eigenvalue weighted by atomic mass is 10.2. The van der Waals surface area contributed by atoms with Gasteiger partial charge in [-0.2, -0.15) is 0 Å². The van der Waals surface area contributed by atoms with Crippen LogP contribution in [0.4, 0.5) is 5.69 Å². The van der Waals surface area contributed by atoms with Crippen molar-refractivity contribution in [2.24, 2.45) is 0 Å². The average molecular weight is 356 g/mol. The number of fused-ring (bicyclic) bond motifs is 2. The highest BCUT2D eigenvalue weighted by Gasteiger charge is 2.27. The van der Waals surface area contributed by atoms with Crippen LogP contribution in [0.15, 0.2) is 47.3 Å². The van der Waals surface area contributed by atoms with Crippen molar-refractivity contribution in [2.45, 2.75) is 19.6 Å². The molecule has 0 saturated carbocycles. The maximum Gasteiger partial charge on any atom is 0.308 e. The molecule has 0 radical (unpaired) electrons. The molecule has 7 heteroatoms. The fraction of sp³-hybridized carbons (Fsp3) is 0.222. The molecule has 1 aromatic heterocycles. The van der Waals surface area contributed by atoms with Gasteiger partial charge in [0.05, 0.1) is 10.2 Å². The molecule has 3 aromatic rings. The minimum Gasteiger partial charge on any atom is -0.485 e. The molecule has 1 aliphatic heterocycles. The maximum atomic E-state index is 12.5. The molecule has 1 aliphatic rings. The van der Waals surface area contributed by atoms with Gasteiger partial charge >= 0.3 is 4.87 Å². The first-order valence-electron chi connectivity index (χ1n) is 7.98. The summed E-state index contributed by atoms with van der Waals surface area (Å²) in [6.07, 6.45) is -0.718. The Kier molecular flexibility index (Phi) is 3.93. The number of thiazole rings is 1. The number of carbonyl (C=O) groups excluding carboxylic acids is 1. The molecule has 1 unspecified atom stereocenters. The topological polar surface area (TPSA) is 69.6 Å². The van der Waals surface area contributed by atoms with E-state index in [2.05, 4.69) is 5.32 Å². The van der Waals surface area contributed by atoms with Crippen molar-refractivity contribution >= 4 is 33.1 Å². The van der Waals surface area contributed by atoms with Crippen LogP contribution >= 0.6 is 11.3 Å². The lowest BCUT2D eigenvalue weighted by Gasteiger charge is -2.25. The fourth-order valence-corrected chi connectivity index (χ4v) is 3.81. The van der Waals surface area contributed by atoms with E-state index < -0.39 is 6.10 Å². The molecule has 2 heterocycles. The first kappa shape index (κ1) is 15.7. The Morgan fingerprint density at radius 3 is 2.88 bits per heavy atom. The van der Waals surface area contributed by atoms with Crippen molar-refractivity contribution in [3.05, 3.63) is 52.1 Å². The first-order chi connectivity index (χ1) is 12.2. The largest absolute Gasteiger partial charge is 0.485 e. The van der Waals surface area contributed by atoms with Gasteiger partial charge in [-0.15, -0.1) is 0 Å². The molecule has 1 amide bonds. The molecule has 0 aliphatic carbocycles. The van der Waals surface area contributed by atoms with Gasteiger partial charge in [-0.1, -0.05) is 23.5 Å². The molecule has 4 rings (SSSR count). The summed E-state index contributed by atoms with van der Waals surface area (Å²) in [5.41, 5.74) is 1.51. The number of nitrogens with zero attached hydrogens (tertiary/aromatic N) is 1. The van der Waals surface area contributed by atoms with Crippen LogP contribution in [0.3, 0.4) is 0 Å². The maximum absolute atomic E-state index is 12.5. The number of anilines is 1. The van der Waals surface area contributed by atoms with Crippen molar-refractivity contribution in [2.75, 3.05) is 11.9 Å². The number of amides is 1. The van der Waals surface area contributed by atoms with Crippen molar-refractivity contribution < 1.29 is 14.3 Å². The number of rotatable bonds is 3. The standard InChI is InChI=1S/C18H16N2O4S/c1-2-20-12-8-7-11(9-16(12)25-18(20)22)19-17(21)15-10-23-13-5-3-4-6-14(13)24-15/h3-9,15H,2,10H2,1H3,(H,19,21). The summed E-state index contributed by atoms with van der Waals surface area (Å²) in [4.78, 5) is 24.4. The summed E-state index contributed by atoms with van der Waals surface area (Å²) >= 11 is 1.17. The monoisotopic (exact) mass is 356 g/mol. The third-order valence-corrected chi connectivity index (χ3v) is 4.99. The summed E-state index contributed by atoms with van der Waals surface area (Å²) in [7, 11) is 0. The van der Waals surface area contributed by atoms with E-state index in [4.69, 9.17) is 9.47 Å². The third-order valence-electron chi connectivity index (χ3n) is 4.05. The number of hydrogen-bond acceptors (Lipinski definition) is 5. The van der Waals surface area contributed by atoms with Gasteiger partial charge < -0.3 is 14.8 Å². The zero-order valence-electron chi connectivity index (χ0n) is 13.5. The van der Waals surface area contributed by atoms with Crippen LogP contribution in [0.2, 0.25) is 0 Å². The molecule has 0 spiro atoms. The number of ether oxygens (including phenoxy) is 2. The second-order valence-electron chi connectivity index (χ2n) is 5.65. The van der Waals surface area contributed by atoms with Crippen molar-refractivity contribution in [3.8, 4) is 11.5 Å². The second kappa shape index (κ2) is 6.25. The number of nitrogens with one attached hydrogen (secondary N) is 1. The van der Waals surface area contributed by atoms with Gasteiger partial charge in [-0.25, -0.2) is 0 Å². The number of carbonyl (C=O) groups is 1. The van der Waals surface area contributed by atoms with Crippen LogP contribution < -0.4 is 19.7 Å². The van der Waals surface area contributed by atoms with Crippen LogP contribution in [0, 0.1) is 0 Å². The van der Waals surface area contributed by atoms with Gasteiger partial charge in [0.2, 0.25) is 6.10 Å². The molecular weight excluding hydrogens is 340 g/mol. The van der Waals surface area contributed by atoms with E-state index in [-0.39, 0.29) is 17.4 Å². The Morgan fingerprint density at radius 2 is 2.08 bits per heavy atom. The minimum atomic E-state index is -0.718. The summed E-state index contributed by atoms with van der Waals surface area (Å²) in [6, 6.07) is 12.7. The predicted molar refractivity (Wildman–Crippen MR) is 96.7 cm³/mol. The number of para-hydroxylation sites is 2. The Labute approximate surface area is 147 Å². The molecule has 25 heavy (non-hydrogen) atoms. The number of hydrogen-bond donors (Lipinski definition) is 1. The van der Waals surface area contributed by atoms with Gasteiger partial charge in [-0.3, -0.25) is 14.2 Å². The molecule has 6 nitrogen and oxygen atoms in total. The fourth-order valence-electron chi connectivity index (χ4n) is 2.82. The second-order valence-corrected chi connectivity index (χ2v) is 6.64. The van der Waals surface area contributed by atoms with E-state index in [9.17, 15) is 9.59 Å². The van der Waals surface area contributed by atoms with Gasteiger partial charge in [0.1, 0.15) is 6.61 Å². The van der Waals surface area contributed by atoms with Crippen LogP contribution in [-0.4, -0.2) is 23.2 Å². The van der Waals surface area contributed by atoms with Crippen LogP contribution in [0.25, 0.3) is 10.2 Å². The molecule has 0 bridgehead atoms. The van der Waals surface area contributed by atoms with Gasteiger partial charge in [0.15, 0.2) is 11.5 Å². The predicted octanol–water partition coefficient (Wildman–Crippen LogP) is 2.86. The van der Waals surface area contributed by atoms with Crippen LogP contribution in [0.1, 0.15) is 6.92 Å². The highest BCUT2D eigenvalue weighted by molar-refractivity contribution is 7.16. The molecule has 1 atom stereocenters. The number of benzene rings is 2.